The molecule has 1 aromatic rings. The molecule has 1 aliphatic rings. The van der Waals surface area contributed by atoms with E-state index in [2.05, 4.69) is 62.9 Å². The molecule has 112 valence electrons. The zero-order valence-corrected chi connectivity index (χ0v) is 14.2. The van der Waals surface area contributed by atoms with Gasteiger partial charge in [0.15, 0.2) is 0 Å². The van der Waals surface area contributed by atoms with Gasteiger partial charge in [0.05, 0.1) is 18.0 Å². The Morgan fingerprint density at radius 3 is 2.60 bits per heavy atom. The van der Waals surface area contributed by atoms with Crippen LogP contribution in [0.2, 0.25) is 0 Å². The Balaban J connectivity index is 2.19. The van der Waals surface area contributed by atoms with Crippen LogP contribution in [-0.4, -0.2) is 65.4 Å². The molecule has 1 fully saturated rings. The maximum absolute atomic E-state index is 5.19. The summed E-state index contributed by atoms with van der Waals surface area (Å²) in [5, 5.41) is 0. The van der Waals surface area contributed by atoms with E-state index in [-0.39, 0.29) is 0 Å². The van der Waals surface area contributed by atoms with Crippen molar-refractivity contribution < 1.29 is 4.74 Å². The van der Waals surface area contributed by atoms with E-state index in [0.717, 1.165) is 43.8 Å². The number of hydrogen-bond acceptors (Lipinski definition) is 4. The summed E-state index contributed by atoms with van der Waals surface area (Å²) in [6.45, 7) is 6.06. The van der Waals surface area contributed by atoms with Crippen molar-refractivity contribution in [2.45, 2.75) is 0 Å². The van der Waals surface area contributed by atoms with E-state index in [1.807, 2.05) is 0 Å². The van der Waals surface area contributed by atoms with E-state index in [1.165, 1.54) is 11.4 Å². The minimum absolute atomic E-state index is 0.741. The fraction of sp³-hybridized carbons (Fsp3) is 0.600. The van der Waals surface area contributed by atoms with E-state index < -0.39 is 0 Å². The quantitative estimate of drug-likeness (QED) is 0.817. The summed E-state index contributed by atoms with van der Waals surface area (Å²) < 4.78 is 6.31. The maximum Gasteiger partial charge on any atom is 0.0637 e. The largest absolute Gasteiger partial charge is 0.383 e. The van der Waals surface area contributed by atoms with Crippen molar-refractivity contribution in [2.75, 3.05) is 70.3 Å². The van der Waals surface area contributed by atoms with Crippen LogP contribution in [0, 0.1) is 0 Å². The van der Waals surface area contributed by atoms with Crippen LogP contribution in [0.3, 0.4) is 0 Å². The van der Waals surface area contributed by atoms with E-state index in [0.29, 0.717) is 0 Å². The van der Waals surface area contributed by atoms with Crippen LogP contribution in [0.4, 0.5) is 11.4 Å². The number of rotatable bonds is 5. The summed E-state index contributed by atoms with van der Waals surface area (Å²) in [6.07, 6.45) is 0. The molecule has 0 radical (unpaired) electrons. The molecule has 2 rings (SSSR count). The molecule has 0 N–H and O–H groups in total. The summed E-state index contributed by atoms with van der Waals surface area (Å²) in [5.74, 6) is 0. The first kappa shape index (κ1) is 15.6. The van der Waals surface area contributed by atoms with Crippen LogP contribution < -0.4 is 9.80 Å². The molecule has 4 nitrogen and oxygen atoms in total. The molecule has 0 spiro atoms. The van der Waals surface area contributed by atoms with Crippen molar-refractivity contribution in [3.63, 3.8) is 0 Å². The Morgan fingerprint density at radius 1 is 1.25 bits per heavy atom. The van der Waals surface area contributed by atoms with Gasteiger partial charge in [0.1, 0.15) is 0 Å². The summed E-state index contributed by atoms with van der Waals surface area (Å²) in [4.78, 5) is 7.12. The van der Waals surface area contributed by atoms with Gasteiger partial charge in [-0.05, 0) is 25.2 Å². The molecule has 5 heteroatoms. The van der Waals surface area contributed by atoms with Gasteiger partial charge in [-0.25, -0.2) is 0 Å². The van der Waals surface area contributed by atoms with E-state index in [1.54, 1.807) is 7.11 Å². The zero-order valence-electron chi connectivity index (χ0n) is 12.6. The van der Waals surface area contributed by atoms with Gasteiger partial charge < -0.3 is 19.4 Å². The first-order chi connectivity index (χ1) is 9.61. The third-order valence-electron chi connectivity index (χ3n) is 3.82. The fourth-order valence-corrected chi connectivity index (χ4v) is 2.81. The van der Waals surface area contributed by atoms with Gasteiger partial charge in [0, 0.05) is 51.4 Å². The van der Waals surface area contributed by atoms with Crippen LogP contribution in [0.5, 0.6) is 0 Å². The third kappa shape index (κ3) is 3.87. The minimum atomic E-state index is 0.741. The highest BCUT2D eigenvalue weighted by atomic mass is 79.9. The minimum Gasteiger partial charge on any atom is -0.383 e. The van der Waals surface area contributed by atoms with Gasteiger partial charge in [0.25, 0.3) is 0 Å². The van der Waals surface area contributed by atoms with Crippen molar-refractivity contribution in [2.24, 2.45) is 0 Å². The molecule has 0 saturated carbocycles. The van der Waals surface area contributed by atoms with Gasteiger partial charge in [0.2, 0.25) is 0 Å². The van der Waals surface area contributed by atoms with Gasteiger partial charge in [-0.2, -0.15) is 0 Å². The van der Waals surface area contributed by atoms with Crippen LogP contribution in [0.15, 0.2) is 22.7 Å². The number of likely N-dealkylation sites (N-methyl/N-ethyl adjacent to an activating group) is 2. The van der Waals surface area contributed by atoms with Crippen molar-refractivity contribution in [3.8, 4) is 0 Å². The van der Waals surface area contributed by atoms with Crippen LogP contribution >= 0.6 is 15.9 Å². The van der Waals surface area contributed by atoms with Crippen molar-refractivity contribution >= 4 is 27.3 Å². The summed E-state index contributed by atoms with van der Waals surface area (Å²) in [6, 6.07) is 6.54. The zero-order chi connectivity index (χ0) is 14.5. The SMILES string of the molecule is COCCN(C)c1cc(Br)ccc1N1CCN(C)CC1. The molecule has 0 atom stereocenters. The smallest absolute Gasteiger partial charge is 0.0637 e. The number of hydrogen-bond donors (Lipinski definition) is 0. The second kappa shape index (κ2) is 7.29. The lowest BCUT2D eigenvalue weighted by Gasteiger charge is -2.36. The molecular weight excluding hydrogens is 318 g/mol. The Kier molecular flexibility index (Phi) is 5.69. The van der Waals surface area contributed by atoms with E-state index >= 15 is 0 Å². The van der Waals surface area contributed by atoms with Crippen molar-refractivity contribution in [1.82, 2.24) is 4.90 Å². The van der Waals surface area contributed by atoms with Gasteiger partial charge >= 0.3 is 0 Å². The Bertz CT molecular complexity index is 433. The highest BCUT2D eigenvalue weighted by Crippen LogP contribution is 2.32. The van der Waals surface area contributed by atoms with Crippen LogP contribution in [0.25, 0.3) is 0 Å². The number of benzene rings is 1. The highest BCUT2D eigenvalue weighted by molar-refractivity contribution is 9.10. The standard InChI is InChI=1S/C15H24BrN3O/c1-17-6-8-19(9-7-17)14-5-4-13(16)12-15(14)18(2)10-11-20-3/h4-5,12H,6-11H2,1-3H3. The molecule has 1 aromatic carbocycles. The van der Waals surface area contributed by atoms with Gasteiger partial charge in [-0.15, -0.1) is 0 Å². The lowest BCUT2D eigenvalue weighted by atomic mass is 10.2. The van der Waals surface area contributed by atoms with Crippen LogP contribution in [0.1, 0.15) is 0 Å². The number of halogens is 1. The fourth-order valence-electron chi connectivity index (χ4n) is 2.47. The Hall–Kier alpha value is -0.780. The molecule has 0 aromatic heterocycles. The molecular formula is C15H24BrN3O. The average Bonchev–Trinajstić information content (AvgIpc) is 2.46. The summed E-state index contributed by atoms with van der Waals surface area (Å²) >= 11 is 3.58. The first-order valence-electron chi connectivity index (χ1n) is 7.05. The normalized spacial score (nSPS) is 16.5. The topological polar surface area (TPSA) is 19.0 Å². The number of piperazine rings is 1. The molecule has 1 saturated heterocycles. The lowest BCUT2D eigenvalue weighted by molar-refractivity contribution is 0.206. The van der Waals surface area contributed by atoms with E-state index in [4.69, 9.17) is 4.74 Å². The lowest BCUT2D eigenvalue weighted by Crippen LogP contribution is -2.45. The van der Waals surface area contributed by atoms with Gasteiger partial charge in [-0.1, -0.05) is 15.9 Å². The third-order valence-corrected chi connectivity index (χ3v) is 4.32. The Morgan fingerprint density at radius 2 is 1.95 bits per heavy atom. The molecule has 0 unspecified atom stereocenters. The molecule has 20 heavy (non-hydrogen) atoms. The molecule has 0 amide bonds. The predicted octanol–water partition coefficient (Wildman–Crippen LogP) is 2.28. The molecule has 1 heterocycles. The van der Waals surface area contributed by atoms with Crippen molar-refractivity contribution in [1.29, 1.82) is 0 Å². The first-order valence-corrected chi connectivity index (χ1v) is 7.84. The Labute approximate surface area is 130 Å². The second-order valence-electron chi connectivity index (χ2n) is 5.34. The number of ether oxygens (including phenoxy) is 1. The molecule has 0 bridgehead atoms. The maximum atomic E-state index is 5.19. The van der Waals surface area contributed by atoms with Crippen molar-refractivity contribution in [3.05, 3.63) is 22.7 Å². The van der Waals surface area contributed by atoms with Crippen LogP contribution in [-0.2, 0) is 4.74 Å². The predicted molar refractivity (Wildman–Crippen MR) is 89.0 cm³/mol. The number of nitrogens with zero attached hydrogens (tertiary/aromatic N) is 3. The monoisotopic (exact) mass is 341 g/mol. The number of anilines is 2. The highest BCUT2D eigenvalue weighted by Gasteiger charge is 2.18. The number of methoxy groups -OCH3 is 1. The molecule has 1 aliphatic heterocycles. The summed E-state index contributed by atoms with van der Waals surface area (Å²) in [5.41, 5.74) is 2.58. The summed E-state index contributed by atoms with van der Waals surface area (Å²) in [7, 11) is 6.06. The molecule has 0 aliphatic carbocycles. The average molecular weight is 342 g/mol. The second-order valence-corrected chi connectivity index (χ2v) is 6.25. The van der Waals surface area contributed by atoms with Gasteiger partial charge in [-0.3, -0.25) is 0 Å². The van der Waals surface area contributed by atoms with E-state index in [9.17, 15) is 0 Å².